The number of benzene rings is 2. The molecule has 0 unspecified atom stereocenters. The minimum absolute atomic E-state index is 0.162. The molecule has 0 bridgehead atoms. The predicted molar refractivity (Wildman–Crippen MR) is 140 cm³/mol. The van der Waals surface area contributed by atoms with Crippen LogP contribution in [0.3, 0.4) is 0 Å². The maximum absolute atomic E-state index is 13.0. The van der Waals surface area contributed by atoms with Gasteiger partial charge in [0.1, 0.15) is 4.32 Å². The standard InChI is InChI=1S/C24H22N4O4S3/c1-26-23(29)21(34-24(26)33)15-18-16-28(19-5-3-2-4-6-19)25-22(18)17-7-9-20(10-8-17)35(30,31)27-11-13-32-14-12-27/h2-10,15-16H,11-14H2,1H3/b21-15-. The molecule has 3 heterocycles. The number of likely N-dealkylation sites (N-methyl/N-ethyl adjacent to an activating group) is 1. The number of carbonyl (C=O) groups excluding carboxylic acids is 1. The molecule has 0 atom stereocenters. The topological polar surface area (TPSA) is 84.7 Å². The van der Waals surface area contributed by atoms with Crippen molar-refractivity contribution >= 4 is 50.3 Å². The fourth-order valence-corrected chi connectivity index (χ4v) is 6.42. The molecule has 1 aromatic heterocycles. The molecule has 11 heteroatoms. The summed E-state index contributed by atoms with van der Waals surface area (Å²) in [5.41, 5.74) is 2.96. The van der Waals surface area contributed by atoms with Gasteiger partial charge in [0.25, 0.3) is 5.91 Å². The van der Waals surface area contributed by atoms with Crippen molar-refractivity contribution in [3.8, 4) is 16.9 Å². The van der Waals surface area contributed by atoms with Crippen LogP contribution in [-0.2, 0) is 19.6 Å². The number of ether oxygens (including phenoxy) is 1. The van der Waals surface area contributed by atoms with Crippen molar-refractivity contribution in [2.45, 2.75) is 4.90 Å². The number of rotatable bonds is 5. The summed E-state index contributed by atoms with van der Waals surface area (Å²) in [5, 5.41) is 4.77. The molecule has 35 heavy (non-hydrogen) atoms. The molecular weight excluding hydrogens is 504 g/mol. The van der Waals surface area contributed by atoms with Crippen molar-refractivity contribution in [2.24, 2.45) is 0 Å². The number of carbonyl (C=O) groups is 1. The quantitative estimate of drug-likeness (QED) is 0.372. The molecule has 3 aromatic rings. The lowest BCUT2D eigenvalue weighted by atomic mass is 10.1. The Bertz CT molecular complexity index is 1410. The van der Waals surface area contributed by atoms with Gasteiger partial charge in [-0.05, 0) is 30.3 Å². The number of nitrogens with zero attached hydrogens (tertiary/aromatic N) is 4. The number of thiocarbonyl (C=S) groups is 1. The highest BCUT2D eigenvalue weighted by Gasteiger charge is 2.30. The Morgan fingerprint density at radius 3 is 2.37 bits per heavy atom. The molecule has 0 N–H and O–H groups in total. The number of aromatic nitrogens is 2. The van der Waals surface area contributed by atoms with Crippen LogP contribution in [0.2, 0.25) is 0 Å². The van der Waals surface area contributed by atoms with E-state index in [0.29, 0.717) is 41.2 Å². The number of morpholine rings is 1. The van der Waals surface area contributed by atoms with Crippen molar-refractivity contribution < 1.29 is 17.9 Å². The lowest BCUT2D eigenvalue weighted by Gasteiger charge is -2.26. The molecule has 8 nitrogen and oxygen atoms in total. The highest BCUT2D eigenvalue weighted by Crippen LogP contribution is 2.34. The van der Waals surface area contributed by atoms with Crippen molar-refractivity contribution in [3.63, 3.8) is 0 Å². The third-order valence-electron chi connectivity index (χ3n) is 5.77. The van der Waals surface area contributed by atoms with Gasteiger partial charge in [-0.1, -0.05) is 54.3 Å². The van der Waals surface area contributed by atoms with E-state index in [-0.39, 0.29) is 10.8 Å². The number of amides is 1. The molecule has 2 saturated heterocycles. The molecule has 1 amide bonds. The van der Waals surface area contributed by atoms with Gasteiger partial charge >= 0.3 is 0 Å². The molecular formula is C24H22N4O4S3. The average Bonchev–Trinajstić information content (AvgIpc) is 3.42. The Kier molecular flexibility index (Phi) is 6.60. The van der Waals surface area contributed by atoms with Crippen molar-refractivity contribution in [2.75, 3.05) is 33.4 Å². The number of hydrogen-bond acceptors (Lipinski definition) is 7. The first-order valence-electron chi connectivity index (χ1n) is 10.9. The zero-order valence-electron chi connectivity index (χ0n) is 18.8. The number of hydrogen-bond donors (Lipinski definition) is 0. The van der Waals surface area contributed by atoms with Crippen LogP contribution in [0, 0.1) is 0 Å². The predicted octanol–water partition coefficient (Wildman–Crippen LogP) is 3.39. The van der Waals surface area contributed by atoms with Gasteiger partial charge in [-0.2, -0.15) is 9.40 Å². The van der Waals surface area contributed by atoms with Gasteiger partial charge in [0.2, 0.25) is 10.0 Å². The molecule has 2 fully saturated rings. The van der Waals surface area contributed by atoms with Crippen LogP contribution in [0.5, 0.6) is 0 Å². The largest absolute Gasteiger partial charge is 0.379 e. The van der Waals surface area contributed by atoms with Crippen molar-refractivity contribution in [1.29, 1.82) is 0 Å². The summed E-state index contributed by atoms with van der Waals surface area (Å²) >= 11 is 6.50. The maximum Gasteiger partial charge on any atom is 0.265 e. The van der Waals surface area contributed by atoms with Crippen molar-refractivity contribution in [1.82, 2.24) is 19.0 Å². The first-order chi connectivity index (χ1) is 16.8. The van der Waals surface area contributed by atoms with E-state index in [1.807, 2.05) is 36.5 Å². The van der Waals surface area contributed by atoms with Gasteiger partial charge in [0.05, 0.1) is 34.4 Å². The summed E-state index contributed by atoms with van der Waals surface area (Å²) in [4.78, 5) is 14.8. The van der Waals surface area contributed by atoms with E-state index in [1.165, 1.54) is 21.0 Å². The molecule has 180 valence electrons. The smallest absolute Gasteiger partial charge is 0.265 e. The Labute approximate surface area is 213 Å². The zero-order valence-corrected chi connectivity index (χ0v) is 21.3. The normalized spacial score (nSPS) is 18.5. The fraction of sp³-hybridized carbons (Fsp3) is 0.208. The van der Waals surface area contributed by atoms with E-state index >= 15 is 0 Å². The van der Waals surface area contributed by atoms with Crippen LogP contribution in [-0.4, -0.2) is 71.0 Å². The van der Waals surface area contributed by atoms with Gasteiger partial charge in [-0.15, -0.1) is 0 Å². The molecule has 2 aliphatic rings. The monoisotopic (exact) mass is 526 g/mol. The summed E-state index contributed by atoms with van der Waals surface area (Å²) in [6.07, 6.45) is 3.63. The second-order valence-electron chi connectivity index (χ2n) is 7.99. The Morgan fingerprint density at radius 2 is 1.74 bits per heavy atom. The Balaban J connectivity index is 1.54. The molecule has 5 rings (SSSR count). The van der Waals surface area contributed by atoms with Gasteiger partial charge < -0.3 is 4.74 Å². The van der Waals surface area contributed by atoms with E-state index < -0.39 is 10.0 Å². The second-order valence-corrected chi connectivity index (χ2v) is 11.6. The number of para-hydroxylation sites is 1. The SMILES string of the molecule is CN1C(=O)/C(=C/c2cn(-c3ccccc3)nc2-c2ccc(S(=O)(=O)N3CCOCC3)cc2)SC1=S. The summed E-state index contributed by atoms with van der Waals surface area (Å²) in [7, 11) is -1.95. The molecule has 2 aromatic carbocycles. The zero-order chi connectivity index (χ0) is 24.6. The Hall–Kier alpha value is -2.83. The second kappa shape index (κ2) is 9.67. The molecule has 0 saturated carbocycles. The third kappa shape index (κ3) is 4.69. The van der Waals surface area contributed by atoms with Crippen LogP contribution in [0.25, 0.3) is 23.0 Å². The number of thioether (sulfide) groups is 1. The van der Waals surface area contributed by atoms with Gasteiger partial charge in [-0.25, -0.2) is 13.1 Å². The number of sulfonamides is 1. The summed E-state index contributed by atoms with van der Waals surface area (Å²) < 4.78 is 35.0. The van der Waals surface area contributed by atoms with E-state index in [0.717, 1.165) is 16.8 Å². The van der Waals surface area contributed by atoms with Gasteiger partial charge in [-0.3, -0.25) is 9.69 Å². The van der Waals surface area contributed by atoms with E-state index in [4.69, 9.17) is 22.1 Å². The van der Waals surface area contributed by atoms with E-state index in [2.05, 4.69) is 0 Å². The molecule has 0 spiro atoms. The third-order valence-corrected chi connectivity index (χ3v) is 9.17. The van der Waals surface area contributed by atoms with Gasteiger partial charge in [0, 0.05) is 37.5 Å². The lowest BCUT2D eigenvalue weighted by molar-refractivity contribution is -0.121. The van der Waals surface area contributed by atoms with Crippen LogP contribution >= 0.6 is 24.0 Å². The molecule has 0 aliphatic carbocycles. The minimum Gasteiger partial charge on any atom is -0.379 e. The lowest BCUT2D eigenvalue weighted by Crippen LogP contribution is -2.40. The Morgan fingerprint density at radius 1 is 1.06 bits per heavy atom. The van der Waals surface area contributed by atoms with Crippen molar-refractivity contribution in [3.05, 3.63) is 71.3 Å². The minimum atomic E-state index is -3.60. The highest BCUT2D eigenvalue weighted by atomic mass is 32.2. The average molecular weight is 527 g/mol. The van der Waals surface area contributed by atoms with Crippen LogP contribution in [0.4, 0.5) is 0 Å². The van der Waals surface area contributed by atoms with Gasteiger partial charge in [0.15, 0.2) is 0 Å². The van der Waals surface area contributed by atoms with Crippen LogP contribution in [0.1, 0.15) is 5.56 Å². The van der Waals surface area contributed by atoms with E-state index in [1.54, 1.807) is 42.1 Å². The summed E-state index contributed by atoms with van der Waals surface area (Å²) in [5.74, 6) is -0.162. The summed E-state index contributed by atoms with van der Waals surface area (Å²) in [6, 6.07) is 16.3. The first-order valence-corrected chi connectivity index (χ1v) is 13.6. The fourth-order valence-electron chi connectivity index (χ4n) is 3.84. The maximum atomic E-state index is 13.0. The highest BCUT2D eigenvalue weighted by molar-refractivity contribution is 8.26. The first kappa shape index (κ1) is 23.9. The summed E-state index contributed by atoms with van der Waals surface area (Å²) in [6.45, 7) is 1.46. The van der Waals surface area contributed by atoms with E-state index in [9.17, 15) is 13.2 Å². The molecule has 2 aliphatic heterocycles. The van der Waals surface area contributed by atoms with Crippen LogP contribution < -0.4 is 0 Å². The van der Waals surface area contributed by atoms with Crippen LogP contribution in [0.15, 0.2) is 70.6 Å². The molecule has 0 radical (unpaired) electrons.